The molecule has 0 fully saturated rings. The zero-order valence-corrected chi connectivity index (χ0v) is 47.4. The Balaban J connectivity index is 0.000000198. The summed E-state index contributed by atoms with van der Waals surface area (Å²) in [6, 6.07) is 30.7. The topological polar surface area (TPSA) is 227 Å². The molecule has 0 unspecified atom stereocenters. The lowest BCUT2D eigenvalue weighted by Gasteiger charge is -2.16. The van der Waals surface area contributed by atoms with E-state index in [9.17, 15) is 85.8 Å². The van der Waals surface area contributed by atoms with Gasteiger partial charge in [0.25, 0.3) is 17.7 Å². The summed E-state index contributed by atoms with van der Waals surface area (Å²) in [5, 5.41) is 33.8. The molecule has 29 heteroatoms. The highest BCUT2D eigenvalue weighted by molar-refractivity contribution is 6.32. The molecule has 9 rings (SSSR count). The normalized spacial score (nSPS) is 11.1. The molecule has 0 heterocycles. The molecule has 0 aromatic heterocycles. The molecular weight excluding hydrogens is 1290 g/mol. The molecule has 9 aromatic rings. The molecule has 0 radical (unpaired) electrons. The minimum atomic E-state index is -4.76. The molecule has 0 spiro atoms. The van der Waals surface area contributed by atoms with Crippen LogP contribution >= 0.6 is 11.6 Å². The van der Waals surface area contributed by atoms with Crippen molar-refractivity contribution in [3.05, 3.63) is 266 Å². The number of aromatic carboxylic acids is 3. The number of hydrogen-bond donors (Lipinski definition) is 6. The third-order valence-corrected chi connectivity index (χ3v) is 12.7. The Morgan fingerprint density at radius 2 is 0.645 bits per heavy atom. The molecule has 0 aliphatic rings. The number of carboxylic acid groups (broad SMARTS) is 3. The Morgan fingerprint density at radius 1 is 0.355 bits per heavy atom. The molecule has 0 aliphatic heterocycles. The average Bonchev–Trinajstić information content (AvgIpc) is 0.833. The van der Waals surface area contributed by atoms with E-state index in [1.165, 1.54) is 85.8 Å². The number of ether oxygens (including phenoxy) is 3. The maximum absolute atomic E-state index is 13.9. The number of aryl methyl sites for hydroxylation is 1. The fraction of sp³-hybridized carbons (Fsp3) is 0.0625. The van der Waals surface area contributed by atoms with Crippen molar-refractivity contribution in [3.8, 4) is 34.5 Å². The molecule has 0 atom stereocenters. The van der Waals surface area contributed by atoms with Crippen molar-refractivity contribution < 1.29 is 115 Å². The van der Waals surface area contributed by atoms with Gasteiger partial charge in [-0.3, -0.25) is 14.4 Å². The molecule has 3 amide bonds. The zero-order chi connectivity index (χ0) is 68.3. The smallest absolute Gasteiger partial charge is 0.416 e. The number of amides is 3. The van der Waals surface area contributed by atoms with Gasteiger partial charge in [0.1, 0.15) is 46.2 Å². The van der Waals surface area contributed by atoms with E-state index in [2.05, 4.69) is 16.0 Å². The number of carbonyl (C=O) groups is 6. The van der Waals surface area contributed by atoms with Crippen molar-refractivity contribution in [1.82, 2.24) is 0 Å². The minimum absolute atomic E-state index is 0.00309. The molecule has 0 bridgehead atoms. The number of hydrogen-bond acceptors (Lipinski definition) is 9. The molecule has 93 heavy (non-hydrogen) atoms. The highest BCUT2D eigenvalue weighted by Gasteiger charge is 2.35. The number of carboxylic acids is 3. The fourth-order valence-electron chi connectivity index (χ4n) is 7.79. The SMILES string of the molecule is Cc1cc(F)ccc1Oc1cc(C(F)(F)F)ccc1C(=O)Nc1ccc(C(=O)O)cc1.O=C(O)c1ccc(NC(=O)c2ccc(C(F)(F)F)cc2Oc2ccc(F)cc2Cl)cc1.O=C(O)c1ccc(NC(=O)c2ccc(C(F)(F)F)cc2Oc2ccc(F)cc2F)cc1. The molecule has 0 saturated carbocycles. The van der Waals surface area contributed by atoms with E-state index < -0.39 is 111 Å². The average molecular weight is 1320 g/mol. The Kier molecular flexibility index (Phi) is 21.6. The van der Waals surface area contributed by atoms with E-state index in [1.54, 1.807) is 0 Å². The van der Waals surface area contributed by atoms with Crippen LogP contribution in [0.4, 0.5) is 74.1 Å². The highest BCUT2D eigenvalue weighted by Crippen LogP contribution is 2.40. The first-order valence-corrected chi connectivity index (χ1v) is 26.3. The van der Waals surface area contributed by atoms with Crippen molar-refractivity contribution in [3.63, 3.8) is 0 Å². The summed E-state index contributed by atoms with van der Waals surface area (Å²) in [6.45, 7) is 1.51. The van der Waals surface area contributed by atoms with Gasteiger partial charge in [-0.05, 0) is 188 Å². The van der Waals surface area contributed by atoms with Gasteiger partial charge < -0.3 is 45.5 Å². The Labute approximate surface area is 519 Å². The van der Waals surface area contributed by atoms with Crippen LogP contribution in [-0.2, 0) is 18.5 Å². The van der Waals surface area contributed by atoms with Crippen molar-refractivity contribution in [2.24, 2.45) is 0 Å². The van der Waals surface area contributed by atoms with E-state index >= 15 is 0 Å². The summed E-state index contributed by atoms with van der Waals surface area (Å²) in [7, 11) is 0. The van der Waals surface area contributed by atoms with Crippen LogP contribution in [-0.4, -0.2) is 50.9 Å². The second-order valence-corrected chi connectivity index (χ2v) is 19.4. The monoisotopic (exact) mass is 1320 g/mol. The van der Waals surface area contributed by atoms with E-state index in [0.29, 0.717) is 42.0 Å². The first-order chi connectivity index (χ1) is 43.6. The Morgan fingerprint density at radius 3 is 0.946 bits per heavy atom. The van der Waals surface area contributed by atoms with Crippen LogP contribution in [0.25, 0.3) is 0 Å². The summed E-state index contributed by atoms with van der Waals surface area (Å²) in [4.78, 5) is 70.7. The van der Waals surface area contributed by atoms with E-state index in [4.69, 9.17) is 41.1 Å². The van der Waals surface area contributed by atoms with Gasteiger partial charge in [0, 0.05) is 23.1 Å². The molecular formula is C64H39ClF13N3O12. The summed E-state index contributed by atoms with van der Waals surface area (Å²) >= 11 is 5.88. The lowest BCUT2D eigenvalue weighted by atomic mass is 10.1. The van der Waals surface area contributed by atoms with Crippen molar-refractivity contribution in [2.75, 3.05) is 16.0 Å². The van der Waals surface area contributed by atoms with Crippen molar-refractivity contribution in [2.45, 2.75) is 25.5 Å². The maximum atomic E-state index is 13.9. The summed E-state index contributed by atoms with van der Waals surface area (Å²) in [6.07, 6.45) is -14.1. The predicted octanol–water partition coefficient (Wildman–Crippen LogP) is 17.9. The number of alkyl halides is 9. The van der Waals surface area contributed by atoms with Gasteiger partial charge in [-0.2, -0.15) is 39.5 Å². The second kappa shape index (κ2) is 29.0. The number of anilines is 3. The van der Waals surface area contributed by atoms with Gasteiger partial charge in [-0.1, -0.05) is 11.6 Å². The van der Waals surface area contributed by atoms with Crippen LogP contribution in [0.1, 0.15) is 84.4 Å². The van der Waals surface area contributed by atoms with Gasteiger partial charge in [0.15, 0.2) is 11.6 Å². The van der Waals surface area contributed by atoms with Crippen LogP contribution in [0.3, 0.4) is 0 Å². The van der Waals surface area contributed by atoms with Gasteiger partial charge >= 0.3 is 36.4 Å². The largest absolute Gasteiger partial charge is 0.478 e. The third-order valence-electron chi connectivity index (χ3n) is 12.4. The lowest BCUT2D eigenvalue weighted by molar-refractivity contribution is -0.138. The van der Waals surface area contributed by atoms with E-state index in [1.807, 2.05) is 0 Å². The quantitative estimate of drug-likeness (QED) is 0.0527. The van der Waals surface area contributed by atoms with Gasteiger partial charge in [0.2, 0.25) is 0 Å². The summed E-state index contributed by atoms with van der Waals surface area (Å²) < 4.78 is 188. The lowest BCUT2D eigenvalue weighted by Crippen LogP contribution is -2.14. The molecule has 0 aliphatic carbocycles. The maximum Gasteiger partial charge on any atom is 0.416 e. The molecule has 0 saturated heterocycles. The molecule has 9 aromatic carbocycles. The number of rotatable bonds is 15. The standard InChI is InChI=1S/C22H15F4NO4.C21H12ClF4NO4.C21H12F5NO4/c1-12-10-15(23)5-9-18(12)31-19-11-14(22(24,25)26)4-8-17(19)20(28)27-16-6-2-13(3-7-16)21(29)30;22-16-10-13(23)4-8-17(16)31-18-9-12(21(24,25)26)3-7-15(18)19(28)27-14-5-1-11(2-6-14)20(29)30;22-13-4-8-17(16(23)10-13)31-18-9-12(21(24,25)26)3-7-15(18)19(28)27-14-5-1-11(2-6-14)20(29)30/h2-11H,1H3,(H,27,28)(H,29,30);2*1-10H,(H,27,28)(H,29,30). The first-order valence-electron chi connectivity index (χ1n) is 25.9. The second-order valence-electron chi connectivity index (χ2n) is 19.0. The van der Waals surface area contributed by atoms with Crippen molar-refractivity contribution >= 4 is 64.3 Å². The van der Waals surface area contributed by atoms with Gasteiger partial charge in [-0.25, -0.2) is 31.9 Å². The molecule has 15 nitrogen and oxygen atoms in total. The number of nitrogens with one attached hydrogen (secondary N) is 3. The summed E-state index contributed by atoms with van der Waals surface area (Å²) in [5.41, 5.74) is -3.16. The predicted molar refractivity (Wildman–Crippen MR) is 308 cm³/mol. The van der Waals surface area contributed by atoms with Crippen LogP contribution < -0.4 is 30.2 Å². The number of benzene rings is 9. The van der Waals surface area contributed by atoms with Crippen LogP contribution in [0.15, 0.2) is 182 Å². The third kappa shape index (κ3) is 18.8. The molecule has 480 valence electrons. The number of carbonyl (C=O) groups excluding carboxylic acids is 3. The highest BCUT2D eigenvalue weighted by atomic mass is 35.5. The number of halogens is 14. The van der Waals surface area contributed by atoms with Crippen LogP contribution in [0.5, 0.6) is 34.5 Å². The van der Waals surface area contributed by atoms with Crippen molar-refractivity contribution in [1.29, 1.82) is 0 Å². The first kappa shape index (κ1) is 69.1. The zero-order valence-electron chi connectivity index (χ0n) is 46.6. The minimum Gasteiger partial charge on any atom is -0.478 e. The van der Waals surface area contributed by atoms with Crippen LogP contribution in [0, 0.1) is 30.2 Å². The summed E-state index contributed by atoms with van der Waals surface area (Å²) in [5.74, 6) is -11.4. The van der Waals surface area contributed by atoms with E-state index in [-0.39, 0.29) is 72.7 Å². The molecule has 6 N–H and O–H groups in total. The van der Waals surface area contributed by atoms with E-state index in [0.717, 1.165) is 66.7 Å². The van der Waals surface area contributed by atoms with Gasteiger partial charge in [-0.15, -0.1) is 0 Å². The van der Waals surface area contributed by atoms with Gasteiger partial charge in [0.05, 0.1) is 55.1 Å². The Hall–Kier alpha value is -11.4. The van der Waals surface area contributed by atoms with Crippen LogP contribution in [0.2, 0.25) is 5.02 Å². The Bertz CT molecular complexity index is 3870. The fourth-order valence-corrected chi connectivity index (χ4v) is 8.00.